The minimum absolute atomic E-state index is 0.0248. The van der Waals surface area contributed by atoms with Gasteiger partial charge in [0.25, 0.3) is 0 Å². The van der Waals surface area contributed by atoms with Crippen molar-refractivity contribution in [1.82, 2.24) is 20.2 Å². The van der Waals surface area contributed by atoms with Gasteiger partial charge in [-0.15, -0.1) is 10.2 Å². The van der Waals surface area contributed by atoms with Crippen molar-refractivity contribution in [2.24, 2.45) is 0 Å². The number of nitrogens with one attached hydrogen (secondary N) is 1. The fourth-order valence-corrected chi connectivity index (χ4v) is 2.68. The average molecular weight is 370 g/mol. The number of hydrogen-bond acceptors (Lipinski definition) is 4. The fourth-order valence-electron chi connectivity index (χ4n) is 2.50. The summed E-state index contributed by atoms with van der Waals surface area (Å²) in [6, 6.07) is 13.4. The largest absolute Gasteiger partial charge is 0.324 e. The van der Waals surface area contributed by atoms with Crippen LogP contribution in [0.2, 0.25) is 5.02 Å². The van der Waals surface area contributed by atoms with E-state index in [0.717, 1.165) is 11.1 Å². The summed E-state index contributed by atoms with van der Waals surface area (Å²) in [6.07, 6.45) is 0. The molecular formula is C19H20ClN5O. The molecule has 1 N–H and O–H groups in total. The maximum Gasteiger partial charge on any atom is 0.248 e. The van der Waals surface area contributed by atoms with E-state index < -0.39 is 0 Å². The molecule has 3 rings (SSSR count). The molecule has 0 atom stereocenters. The molecule has 0 unspecified atom stereocenters. The second kappa shape index (κ2) is 7.66. The lowest BCUT2D eigenvalue weighted by molar-refractivity contribution is -0.117. The third-order valence-corrected chi connectivity index (χ3v) is 4.52. The smallest absolute Gasteiger partial charge is 0.248 e. The highest BCUT2D eigenvalue weighted by Crippen LogP contribution is 2.23. The van der Waals surface area contributed by atoms with Crippen molar-refractivity contribution in [3.05, 3.63) is 58.6 Å². The molecule has 3 aromatic rings. The zero-order chi connectivity index (χ0) is 18.7. The summed E-state index contributed by atoms with van der Waals surface area (Å²) in [4.78, 5) is 13.5. The number of halogens is 1. The highest BCUT2D eigenvalue weighted by molar-refractivity contribution is 6.31. The van der Waals surface area contributed by atoms with Gasteiger partial charge in [0.05, 0.1) is 0 Å². The maximum atomic E-state index is 12.2. The van der Waals surface area contributed by atoms with Crippen LogP contribution >= 0.6 is 11.6 Å². The molecule has 0 aliphatic rings. The van der Waals surface area contributed by atoms with Crippen molar-refractivity contribution in [2.75, 3.05) is 5.32 Å². The van der Waals surface area contributed by atoms with Crippen LogP contribution in [0.4, 0.5) is 5.69 Å². The third-order valence-electron chi connectivity index (χ3n) is 4.12. The minimum atomic E-state index is -0.241. The first-order valence-corrected chi connectivity index (χ1v) is 8.75. The van der Waals surface area contributed by atoms with Gasteiger partial charge >= 0.3 is 0 Å². The second-order valence-electron chi connectivity index (χ2n) is 6.38. The van der Waals surface area contributed by atoms with E-state index in [1.807, 2.05) is 19.1 Å². The average Bonchev–Trinajstić information content (AvgIpc) is 3.07. The van der Waals surface area contributed by atoms with Crippen LogP contribution in [0.3, 0.4) is 0 Å². The number of hydrogen-bond donors (Lipinski definition) is 1. The first-order valence-electron chi connectivity index (χ1n) is 8.37. The molecule has 1 amide bonds. The minimum Gasteiger partial charge on any atom is -0.324 e. The Bertz CT molecular complexity index is 918. The van der Waals surface area contributed by atoms with E-state index in [-0.39, 0.29) is 12.5 Å². The van der Waals surface area contributed by atoms with Gasteiger partial charge in [0.1, 0.15) is 6.54 Å². The summed E-state index contributed by atoms with van der Waals surface area (Å²) in [6.45, 7) is 6.11. The van der Waals surface area contributed by atoms with Crippen molar-refractivity contribution in [1.29, 1.82) is 0 Å². The molecule has 0 bridgehead atoms. The number of aromatic nitrogens is 4. The van der Waals surface area contributed by atoms with Crippen LogP contribution in [-0.4, -0.2) is 26.1 Å². The highest BCUT2D eigenvalue weighted by atomic mass is 35.5. The van der Waals surface area contributed by atoms with Gasteiger partial charge in [0, 0.05) is 16.3 Å². The zero-order valence-electron chi connectivity index (χ0n) is 14.9. The molecule has 0 aliphatic carbocycles. The van der Waals surface area contributed by atoms with Crippen LogP contribution in [0, 0.1) is 6.92 Å². The van der Waals surface area contributed by atoms with Crippen LogP contribution in [0.15, 0.2) is 42.5 Å². The topological polar surface area (TPSA) is 72.7 Å². The first-order chi connectivity index (χ1) is 12.4. The van der Waals surface area contributed by atoms with Gasteiger partial charge in [-0.3, -0.25) is 4.79 Å². The Morgan fingerprint density at radius 1 is 1.19 bits per heavy atom. The Morgan fingerprint density at radius 3 is 2.62 bits per heavy atom. The van der Waals surface area contributed by atoms with Crippen LogP contribution in [0.25, 0.3) is 11.4 Å². The Kier molecular flexibility index (Phi) is 5.32. The summed E-state index contributed by atoms with van der Waals surface area (Å²) in [7, 11) is 0. The van der Waals surface area contributed by atoms with Gasteiger partial charge < -0.3 is 5.32 Å². The molecule has 1 heterocycles. The SMILES string of the molecule is Cc1c(Cl)cccc1NC(=O)Cn1nnc(-c2ccc(C(C)C)cc2)n1. The molecule has 0 radical (unpaired) electrons. The zero-order valence-corrected chi connectivity index (χ0v) is 15.7. The molecule has 0 spiro atoms. The van der Waals surface area contributed by atoms with E-state index in [9.17, 15) is 4.79 Å². The van der Waals surface area contributed by atoms with Gasteiger partial charge in [0.2, 0.25) is 11.7 Å². The van der Waals surface area contributed by atoms with E-state index in [1.54, 1.807) is 18.2 Å². The molecule has 0 saturated carbocycles. The fraction of sp³-hybridized carbons (Fsp3) is 0.263. The molecule has 0 saturated heterocycles. The van der Waals surface area contributed by atoms with Crippen molar-refractivity contribution in [2.45, 2.75) is 33.2 Å². The Hall–Kier alpha value is -2.73. The third kappa shape index (κ3) is 4.08. The van der Waals surface area contributed by atoms with Gasteiger partial charge in [-0.2, -0.15) is 4.80 Å². The number of tetrazole rings is 1. The quantitative estimate of drug-likeness (QED) is 0.735. The molecule has 0 aliphatic heterocycles. The number of anilines is 1. The van der Waals surface area contributed by atoms with Crippen molar-refractivity contribution >= 4 is 23.2 Å². The summed E-state index contributed by atoms with van der Waals surface area (Å²) in [5, 5.41) is 15.7. The predicted octanol–water partition coefficient (Wildman–Crippen LogP) is 4.06. The predicted molar refractivity (Wildman–Crippen MR) is 102 cm³/mol. The van der Waals surface area contributed by atoms with Crippen LogP contribution < -0.4 is 5.32 Å². The van der Waals surface area contributed by atoms with Crippen LogP contribution in [0.5, 0.6) is 0 Å². The lowest BCUT2D eigenvalue weighted by Crippen LogP contribution is -2.21. The lowest BCUT2D eigenvalue weighted by atomic mass is 10.0. The van der Waals surface area contributed by atoms with Crippen LogP contribution in [0.1, 0.15) is 30.9 Å². The molecule has 7 heteroatoms. The Labute approximate surface area is 157 Å². The summed E-state index contributed by atoms with van der Waals surface area (Å²) in [5.41, 5.74) is 3.61. The Morgan fingerprint density at radius 2 is 1.92 bits per heavy atom. The van der Waals surface area contributed by atoms with Gasteiger partial charge in [0.15, 0.2) is 0 Å². The summed E-state index contributed by atoms with van der Waals surface area (Å²) >= 11 is 6.07. The summed E-state index contributed by atoms with van der Waals surface area (Å²) in [5.74, 6) is 0.716. The number of nitrogens with zero attached hydrogens (tertiary/aromatic N) is 4. The Balaban J connectivity index is 1.68. The maximum absolute atomic E-state index is 12.2. The number of carbonyl (C=O) groups is 1. The molecule has 2 aromatic carbocycles. The van der Waals surface area contributed by atoms with E-state index in [1.165, 1.54) is 10.4 Å². The van der Waals surface area contributed by atoms with E-state index >= 15 is 0 Å². The van der Waals surface area contributed by atoms with Gasteiger partial charge in [-0.25, -0.2) is 0 Å². The van der Waals surface area contributed by atoms with E-state index in [4.69, 9.17) is 11.6 Å². The number of rotatable bonds is 5. The van der Waals surface area contributed by atoms with Crippen molar-refractivity contribution < 1.29 is 4.79 Å². The highest BCUT2D eigenvalue weighted by Gasteiger charge is 2.11. The van der Waals surface area contributed by atoms with Crippen LogP contribution in [-0.2, 0) is 11.3 Å². The molecule has 26 heavy (non-hydrogen) atoms. The number of benzene rings is 2. The lowest BCUT2D eigenvalue weighted by Gasteiger charge is -2.08. The second-order valence-corrected chi connectivity index (χ2v) is 6.79. The monoisotopic (exact) mass is 369 g/mol. The molecule has 134 valence electrons. The van der Waals surface area contributed by atoms with Crippen molar-refractivity contribution in [3.8, 4) is 11.4 Å². The van der Waals surface area contributed by atoms with Crippen molar-refractivity contribution in [3.63, 3.8) is 0 Å². The summed E-state index contributed by atoms with van der Waals surface area (Å²) < 4.78 is 0. The molecule has 0 fully saturated rings. The standard InChI is InChI=1S/C19H20ClN5O/c1-12(2)14-7-9-15(10-8-14)19-22-24-25(23-19)11-18(26)21-17-6-4-5-16(20)13(17)3/h4-10,12H,11H2,1-3H3,(H,21,26). The number of carbonyl (C=O) groups excluding carboxylic acids is 1. The van der Waals surface area contributed by atoms with Gasteiger partial charge in [-0.05, 0) is 41.3 Å². The van der Waals surface area contributed by atoms with E-state index in [2.05, 4.69) is 46.7 Å². The molecular weight excluding hydrogens is 350 g/mol. The molecule has 6 nitrogen and oxygen atoms in total. The van der Waals surface area contributed by atoms with E-state index in [0.29, 0.717) is 22.5 Å². The first kappa shape index (κ1) is 18.1. The molecule has 1 aromatic heterocycles. The normalized spacial score (nSPS) is 11.0. The van der Waals surface area contributed by atoms with Gasteiger partial charge in [-0.1, -0.05) is 55.8 Å². The number of amides is 1.